The molecular formula is C16H27N3S2. The van der Waals surface area contributed by atoms with Crippen molar-refractivity contribution in [3.05, 3.63) is 0 Å². The van der Waals surface area contributed by atoms with Crippen LogP contribution in [0.4, 0.5) is 0 Å². The number of fused-ring (bicyclic) bond motifs is 4. The Balaban J connectivity index is 1.11. The lowest BCUT2D eigenvalue weighted by atomic mass is 9.96. The van der Waals surface area contributed by atoms with Gasteiger partial charge in [-0.2, -0.15) is 0 Å². The Bertz CT molecular complexity index is 403. The van der Waals surface area contributed by atoms with Crippen molar-refractivity contribution in [1.82, 2.24) is 15.4 Å². The average molecular weight is 326 g/mol. The molecule has 3 N–H and O–H groups in total. The molecule has 118 valence electrons. The van der Waals surface area contributed by atoms with Crippen molar-refractivity contribution in [2.45, 2.75) is 63.5 Å². The molecule has 5 heteroatoms. The van der Waals surface area contributed by atoms with Crippen molar-refractivity contribution in [3.8, 4) is 0 Å². The van der Waals surface area contributed by atoms with E-state index in [-0.39, 0.29) is 0 Å². The first kappa shape index (κ1) is 14.6. The minimum Gasteiger partial charge on any atom is -0.360 e. The largest absolute Gasteiger partial charge is 0.360 e. The first-order valence-corrected chi connectivity index (χ1v) is 10.1. The van der Waals surface area contributed by atoms with Gasteiger partial charge in [0.1, 0.15) is 0 Å². The smallest absolute Gasteiger partial charge is 0.167 e. The zero-order valence-corrected chi connectivity index (χ0v) is 14.3. The summed E-state index contributed by atoms with van der Waals surface area (Å²) in [4.78, 5) is 0. The van der Waals surface area contributed by atoms with Gasteiger partial charge in [0.2, 0.25) is 0 Å². The minimum absolute atomic E-state index is 0.646. The summed E-state index contributed by atoms with van der Waals surface area (Å²) < 4.78 is 3.66. The van der Waals surface area contributed by atoms with Crippen molar-refractivity contribution in [1.29, 1.82) is 0 Å². The molecule has 4 aliphatic rings. The standard InChI is InChI=1S/C16H27N3S2/c20-16(18-14-7-10-1-3-12(14)5-10)17-9-21-19-15-8-11-2-4-13(15)6-11/h10-15,19H,1-9H2,(H2,17,18,20). The Hall–Kier alpha value is -0.0000000000000000555. The van der Waals surface area contributed by atoms with Crippen LogP contribution in [0.5, 0.6) is 0 Å². The summed E-state index contributed by atoms with van der Waals surface area (Å²) in [6.45, 7) is 0. The van der Waals surface area contributed by atoms with E-state index in [2.05, 4.69) is 15.4 Å². The maximum Gasteiger partial charge on any atom is 0.167 e. The Kier molecular flexibility index (Phi) is 4.34. The summed E-state index contributed by atoms with van der Waals surface area (Å²) >= 11 is 7.25. The van der Waals surface area contributed by atoms with Crippen LogP contribution in [0.3, 0.4) is 0 Å². The van der Waals surface area contributed by atoms with Crippen molar-refractivity contribution in [3.63, 3.8) is 0 Å². The zero-order chi connectivity index (χ0) is 14.2. The molecule has 0 amide bonds. The molecule has 4 rings (SSSR count). The molecule has 6 unspecified atom stereocenters. The molecule has 0 aliphatic heterocycles. The summed E-state index contributed by atoms with van der Waals surface area (Å²) in [5, 5.41) is 7.76. The van der Waals surface area contributed by atoms with Crippen LogP contribution in [0.25, 0.3) is 0 Å². The summed E-state index contributed by atoms with van der Waals surface area (Å²) in [6.07, 6.45) is 11.4. The summed E-state index contributed by atoms with van der Waals surface area (Å²) in [7, 11) is 0. The molecular weight excluding hydrogens is 298 g/mol. The van der Waals surface area contributed by atoms with Crippen LogP contribution in [0.1, 0.15) is 51.4 Å². The summed E-state index contributed by atoms with van der Waals surface area (Å²) in [5.74, 6) is 4.70. The highest BCUT2D eigenvalue weighted by Crippen LogP contribution is 2.45. The topological polar surface area (TPSA) is 36.1 Å². The quantitative estimate of drug-likeness (QED) is 0.313. The van der Waals surface area contributed by atoms with Crippen LogP contribution in [-0.2, 0) is 0 Å². The van der Waals surface area contributed by atoms with Gasteiger partial charge in [-0.3, -0.25) is 4.72 Å². The maximum absolute atomic E-state index is 5.44. The lowest BCUT2D eigenvalue weighted by molar-refractivity contribution is 0.389. The van der Waals surface area contributed by atoms with Gasteiger partial charge in [-0.1, -0.05) is 24.8 Å². The van der Waals surface area contributed by atoms with Crippen molar-refractivity contribution in [2.24, 2.45) is 23.7 Å². The molecule has 0 saturated heterocycles. The summed E-state index contributed by atoms with van der Waals surface area (Å²) in [6, 6.07) is 1.40. The van der Waals surface area contributed by atoms with Crippen LogP contribution in [0.15, 0.2) is 0 Å². The van der Waals surface area contributed by atoms with E-state index in [1.165, 1.54) is 51.4 Å². The van der Waals surface area contributed by atoms with E-state index in [0.717, 1.165) is 40.7 Å². The zero-order valence-electron chi connectivity index (χ0n) is 12.6. The van der Waals surface area contributed by atoms with Gasteiger partial charge in [0.25, 0.3) is 0 Å². The van der Waals surface area contributed by atoms with Gasteiger partial charge in [0.15, 0.2) is 5.11 Å². The summed E-state index contributed by atoms with van der Waals surface area (Å²) in [5.41, 5.74) is 0. The van der Waals surface area contributed by atoms with E-state index in [1.54, 1.807) is 11.9 Å². The van der Waals surface area contributed by atoms with Gasteiger partial charge >= 0.3 is 0 Å². The van der Waals surface area contributed by atoms with Crippen LogP contribution in [-0.4, -0.2) is 23.1 Å². The molecule has 0 aromatic carbocycles. The normalized spacial score (nSPS) is 43.4. The minimum atomic E-state index is 0.646. The molecule has 3 nitrogen and oxygen atoms in total. The fourth-order valence-electron chi connectivity index (χ4n) is 5.28. The van der Waals surface area contributed by atoms with Crippen molar-refractivity contribution in [2.75, 3.05) is 5.88 Å². The van der Waals surface area contributed by atoms with E-state index in [0.29, 0.717) is 6.04 Å². The Labute approximate surface area is 137 Å². The van der Waals surface area contributed by atoms with Gasteiger partial charge in [0, 0.05) is 12.1 Å². The molecule has 6 atom stereocenters. The second-order valence-electron chi connectivity index (χ2n) is 7.62. The molecule has 0 heterocycles. The first-order chi connectivity index (χ1) is 10.3. The molecule has 4 saturated carbocycles. The fraction of sp³-hybridized carbons (Fsp3) is 0.938. The van der Waals surface area contributed by atoms with E-state index in [4.69, 9.17) is 12.2 Å². The van der Waals surface area contributed by atoms with Crippen molar-refractivity contribution < 1.29 is 0 Å². The highest BCUT2D eigenvalue weighted by Gasteiger charge is 2.40. The number of nitrogens with one attached hydrogen (secondary N) is 3. The predicted octanol–water partition coefficient (Wildman–Crippen LogP) is 3.02. The van der Waals surface area contributed by atoms with Gasteiger partial charge in [-0.05, 0) is 74.4 Å². The molecule has 0 radical (unpaired) electrons. The third-order valence-corrected chi connectivity index (χ3v) is 7.35. The van der Waals surface area contributed by atoms with Crippen molar-refractivity contribution >= 4 is 29.3 Å². The highest BCUT2D eigenvalue weighted by molar-refractivity contribution is 7.97. The number of thiocarbonyl (C=S) groups is 1. The van der Waals surface area contributed by atoms with Crippen LogP contribution >= 0.6 is 24.2 Å². The number of rotatable bonds is 5. The Morgan fingerprint density at radius 1 is 0.905 bits per heavy atom. The predicted molar refractivity (Wildman–Crippen MR) is 92.9 cm³/mol. The molecule has 21 heavy (non-hydrogen) atoms. The Morgan fingerprint density at radius 2 is 1.57 bits per heavy atom. The Morgan fingerprint density at radius 3 is 2.14 bits per heavy atom. The first-order valence-electron chi connectivity index (χ1n) is 8.69. The molecule has 0 aromatic rings. The van der Waals surface area contributed by atoms with E-state index in [1.807, 2.05) is 0 Å². The van der Waals surface area contributed by atoms with E-state index in [9.17, 15) is 0 Å². The molecule has 4 aliphatic carbocycles. The maximum atomic E-state index is 5.44. The van der Waals surface area contributed by atoms with Gasteiger partial charge in [0.05, 0.1) is 5.88 Å². The lowest BCUT2D eigenvalue weighted by Crippen LogP contribution is -2.44. The third kappa shape index (κ3) is 3.20. The highest BCUT2D eigenvalue weighted by atomic mass is 32.2. The van der Waals surface area contributed by atoms with Crippen LogP contribution in [0.2, 0.25) is 0 Å². The molecule has 4 bridgehead atoms. The van der Waals surface area contributed by atoms with Crippen LogP contribution < -0.4 is 15.4 Å². The van der Waals surface area contributed by atoms with Gasteiger partial charge in [-0.15, -0.1) is 0 Å². The second-order valence-corrected chi connectivity index (χ2v) is 8.84. The molecule has 4 fully saturated rings. The lowest BCUT2D eigenvalue weighted by Gasteiger charge is -2.25. The molecule has 0 aromatic heterocycles. The van der Waals surface area contributed by atoms with Gasteiger partial charge < -0.3 is 10.6 Å². The van der Waals surface area contributed by atoms with Gasteiger partial charge in [-0.25, -0.2) is 0 Å². The van der Waals surface area contributed by atoms with E-state index < -0.39 is 0 Å². The number of hydrogen-bond donors (Lipinski definition) is 3. The molecule has 0 spiro atoms. The van der Waals surface area contributed by atoms with Crippen LogP contribution in [0, 0.1) is 23.7 Å². The average Bonchev–Trinajstić information content (AvgIpc) is 3.23. The second kappa shape index (κ2) is 6.25. The number of hydrogen-bond acceptors (Lipinski definition) is 3. The SMILES string of the molecule is S=C(NCSNC1CC2CCC1C2)NC1CC2CCC1C2. The fourth-order valence-corrected chi connectivity index (χ4v) is 6.40. The third-order valence-electron chi connectivity index (χ3n) is 6.33. The van der Waals surface area contributed by atoms with E-state index >= 15 is 0 Å². The monoisotopic (exact) mass is 325 g/mol.